The molecule has 0 atom stereocenters. The van der Waals surface area contributed by atoms with Crippen molar-refractivity contribution in [3.63, 3.8) is 0 Å². The molecule has 0 fully saturated rings. The van der Waals surface area contributed by atoms with Crippen LogP contribution in [0.15, 0.2) is 34.9 Å². The molecular formula is C20H23N5O2. The summed E-state index contributed by atoms with van der Waals surface area (Å²) in [4.78, 5) is 19.2. The zero-order valence-corrected chi connectivity index (χ0v) is 15.7. The monoisotopic (exact) mass is 365 g/mol. The lowest BCUT2D eigenvalue weighted by atomic mass is 10.1. The Hall–Kier alpha value is -2.96. The van der Waals surface area contributed by atoms with Crippen LogP contribution in [0.1, 0.15) is 29.3 Å². The number of carbonyl (C=O) groups excluding carboxylic acids is 1. The van der Waals surface area contributed by atoms with Crippen LogP contribution in [0.25, 0.3) is 11.4 Å². The molecule has 0 saturated carbocycles. The topological polar surface area (TPSA) is 77.1 Å². The Morgan fingerprint density at radius 1 is 1.15 bits per heavy atom. The van der Waals surface area contributed by atoms with Crippen LogP contribution in [0.2, 0.25) is 0 Å². The van der Waals surface area contributed by atoms with Gasteiger partial charge >= 0.3 is 0 Å². The molecule has 3 heterocycles. The largest absolute Gasteiger partial charge is 0.361 e. The summed E-state index contributed by atoms with van der Waals surface area (Å²) < 4.78 is 7.11. The first-order chi connectivity index (χ1) is 13.1. The van der Waals surface area contributed by atoms with Crippen molar-refractivity contribution >= 4 is 5.91 Å². The molecular weight excluding hydrogens is 342 g/mol. The highest BCUT2D eigenvalue weighted by molar-refractivity contribution is 5.76. The van der Waals surface area contributed by atoms with Crippen LogP contribution in [-0.2, 0) is 24.2 Å². The summed E-state index contributed by atoms with van der Waals surface area (Å²) in [6, 6.07) is 9.98. The predicted octanol–water partition coefficient (Wildman–Crippen LogP) is 2.57. The summed E-state index contributed by atoms with van der Waals surface area (Å²) in [6.07, 6.45) is 1.85. The number of aryl methyl sites for hydroxylation is 2. The second-order valence-corrected chi connectivity index (χ2v) is 6.87. The molecule has 2 aromatic heterocycles. The van der Waals surface area contributed by atoms with Crippen LogP contribution in [0.4, 0.5) is 0 Å². The Kier molecular flexibility index (Phi) is 4.75. The Labute approximate surface area is 158 Å². The molecule has 1 aromatic carbocycles. The van der Waals surface area contributed by atoms with Crippen molar-refractivity contribution in [2.24, 2.45) is 0 Å². The Morgan fingerprint density at radius 3 is 2.70 bits per heavy atom. The average molecular weight is 365 g/mol. The highest BCUT2D eigenvalue weighted by atomic mass is 16.5. The molecule has 1 amide bonds. The lowest BCUT2D eigenvalue weighted by Gasteiger charge is -2.19. The van der Waals surface area contributed by atoms with Crippen LogP contribution in [0.5, 0.6) is 0 Å². The van der Waals surface area contributed by atoms with Crippen molar-refractivity contribution < 1.29 is 9.32 Å². The summed E-state index contributed by atoms with van der Waals surface area (Å²) in [5.74, 6) is 2.65. The molecule has 0 spiro atoms. The number of hydrogen-bond acceptors (Lipinski definition) is 5. The van der Waals surface area contributed by atoms with E-state index in [-0.39, 0.29) is 5.91 Å². The maximum absolute atomic E-state index is 12.7. The molecule has 0 aliphatic carbocycles. The van der Waals surface area contributed by atoms with Gasteiger partial charge in [-0.05, 0) is 20.3 Å². The van der Waals surface area contributed by atoms with E-state index in [4.69, 9.17) is 4.52 Å². The van der Waals surface area contributed by atoms with Gasteiger partial charge in [0, 0.05) is 37.1 Å². The number of benzene rings is 1. The maximum atomic E-state index is 12.7. The van der Waals surface area contributed by atoms with Crippen molar-refractivity contribution in [2.45, 2.75) is 39.7 Å². The average Bonchev–Trinajstić information content (AvgIpc) is 3.17. The van der Waals surface area contributed by atoms with Crippen LogP contribution >= 0.6 is 0 Å². The van der Waals surface area contributed by atoms with Crippen LogP contribution in [0.3, 0.4) is 0 Å². The summed E-state index contributed by atoms with van der Waals surface area (Å²) in [5.41, 5.74) is 2.93. The summed E-state index contributed by atoms with van der Waals surface area (Å²) >= 11 is 0. The first kappa shape index (κ1) is 17.5. The standard InChI is InChI=1S/C20H23N5O2/c1-14-17(15(2)27-23-14)8-9-19(26)24-11-10-18-21-20(22-25(18)13-12-24)16-6-4-3-5-7-16/h3-7H,8-13H2,1-2H3. The molecule has 0 unspecified atom stereocenters. The van der Waals surface area contributed by atoms with E-state index in [2.05, 4.69) is 15.2 Å². The number of rotatable bonds is 4. The van der Waals surface area contributed by atoms with Gasteiger partial charge in [0.25, 0.3) is 0 Å². The van der Waals surface area contributed by atoms with Gasteiger partial charge in [-0.3, -0.25) is 4.79 Å². The minimum Gasteiger partial charge on any atom is -0.361 e. The summed E-state index contributed by atoms with van der Waals surface area (Å²) in [6.45, 7) is 5.81. The van der Waals surface area contributed by atoms with Gasteiger partial charge in [-0.25, -0.2) is 9.67 Å². The van der Waals surface area contributed by atoms with Gasteiger partial charge in [-0.1, -0.05) is 35.5 Å². The molecule has 27 heavy (non-hydrogen) atoms. The van der Waals surface area contributed by atoms with Gasteiger partial charge in [-0.2, -0.15) is 5.10 Å². The molecule has 4 rings (SSSR count). The third kappa shape index (κ3) is 3.63. The normalized spacial score (nSPS) is 14.1. The SMILES string of the molecule is Cc1noc(C)c1CCC(=O)N1CCc2nc(-c3ccccc3)nn2CC1. The third-order valence-corrected chi connectivity index (χ3v) is 5.09. The zero-order chi connectivity index (χ0) is 18.8. The third-order valence-electron chi connectivity index (χ3n) is 5.09. The minimum absolute atomic E-state index is 0.157. The van der Waals surface area contributed by atoms with E-state index in [0.29, 0.717) is 32.5 Å². The minimum atomic E-state index is 0.157. The van der Waals surface area contributed by atoms with E-state index in [1.54, 1.807) is 0 Å². The smallest absolute Gasteiger partial charge is 0.222 e. The first-order valence-corrected chi connectivity index (χ1v) is 9.30. The second kappa shape index (κ2) is 7.34. The van der Waals surface area contributed by atoms with Gasteiger partial charge in [0.2, 0.25) is 5.91 Å². The fourth-order valence-corrected chi connectivity index (χ4v) is 3.51. The second-order valence-electron chi connectivity index (χ2n) is 6.87. The molecule has 7 nitrogen and oxygen atoms in total. The van der Waals surface area contributed by atoms with E-state index in [0.717, 1.165) is 40.7 Å². The number of fused-ring (bicyclic) bond motifs is 1. The fraction of sp³-hybridized carbons (Fsp3) is 0.400. The van der Waals surface area contributed by atoms with E-state index < -0.39 is 0 Å². The Morgan fingerprint density at radius 2 is 1.96 bits per heavy atom. The molecule has 140 valence electrons. The highest BCUT2D eigenvalue weighted by Gasteiger charge is 2.22. The molecule has 1 aliphatic rings. The zero-order valence-electron chi connectivity index (χ0n) is 15.7. The highest BCUT2D eigenvalue weighted by Crippen LogP contribution is 2.18. The maximum Gasteiger partial charge on any atom is 0.222 e. The fourth-order valence-electron chi connectivity index (χ4n) is 3.51. The van der Waals surface area contributed by atoms with Gasteiger partial charge < -0.3 is 9.42 Å². The predicted molar refractivity (Wildman–Crippen MR) is 100 cm³/mol. The van der Waals surface area contributed by atoms with Crippen molar-refractivity contribution in [1.82, 2.24) is 24.8 Å². The van der Waals surface area contributed by atoms with Crippen molar-refractivity contribution in [2.75, 3.05) is 13.1 Å². The molecule has 0 bridgehead atoms. The number of amides is 1. The van der Waals surface area contributed by atoms with Crippen LogP contribution in [-0.4, -0.2) is 43.8 Å². The molecule has 7 heteroatoms. The van der Waals surface area contributed by atoms with Crippen molar-refractivity contribution in [1.29, 1.82) is 0 Å². The molecule has 3 aromatic rings. The van der Waals surface area contributed by atoms with E-state index in [1.165, 1.54) is 0 Å². The first-order valence-electron chi connectivity index (χ1n) is 9.30. The van der Waals surface area contributed by atoms with Crippen LogP contribution < -0.4 is 0 Å². The Bertz CT molecular complexity index is 900. The molecule has 0 radical (unpaired) electrons. The molecule has 0 N–H and O–H groups in total. The lowest BCUT2D eigenvalue weighted by molar-refractivity contribution is -0.131. The van der Waals surface area contributed by atoms with Gasteiger partial charge in [0.1, 0.15) is 11.6 Å². The van der Waals surface area contributed by atoms with Crippen molar-refractivity contribution in [3.8, 4) is 11.4 Å². The molecule has 1 aliphatic heterocycles. The molecule has 0 saturated heterocycles. The number of carbonyl (C=O) groups is 1. The van der Waals surface area contributed by atoms with E-state index in [1.807, 2.05) is 53.8 Å². The number of hydrogen-bond donors (Lipinski definition) is 0. The van der Waals surface area contributed by atoms with E-state index in [9.17, 15) is 4.79 Å². The summed E-state index contributed by atoms with van der Waals surface area (Å²) in [7, 11) is 0. The Balaban J connectivity index is 1.39. The van der Waals surface area contributed by atoms with Gasteiger partial charge in [0.05, 0.1) is 12.2 Å². The van der Waals surface area contributed by atoms with Crippen LogP contribution in [0, 0.1) is 13.8 Å². The van der Waals surface area contributed by atoms with Crippen molar-refractivity contribution in [3.05, 3.63) is 53.2 Å². The van der Waals surface area contributed by atoms with E-state index >= 15 is 0 Å². The number of aromatic nitrogens is 4. The number of nitrogens with zero attached hydrogens (tertiary/aromatic N) is 5. The quantitative estimate of drug-likeness (QED) is 0.710. The van der Waals surface area contributed by atoms with Gasteiger partial charge in [0.15, 0.2) is 5.82 Å². The summed E-state index contributed by atoms with van der Waals surface area (Å²) in [5, 5.41) is 8.59. The van der Waals surface area contributed by atoms with Gasteiger partial charge in [-0.15, -0.1) is 0 Å². The lowest BCUT2D eigenvalue weighted by Crippen LogP contribution is -2.34.